The lowest BCUT2D eigenvalue weighted by Crippen LogP contribution is -2.50. The molecule has 0 aliphatic rings. The van der Waals surface area contributed by atoms with Gasteiger partial charge in [-0.25, -0.2) is 4.79 Å². The zero-order chi connectivity index (χ0) is 16.2. The Morgan fingerprint density at radius 2 is 1.86 bits per heavy atom. The van der Waals surface area contributed by atoms with Gasteiger partial charge in [0.1, 0.15) is 6.04 Å². The molecule has 3 amide bonds. The summed E-state index contributed by atoms with van der Waals surface area (Å²) in [5, 5.41) is 5.82. The number of hydrogen-bond donors (Lipinski definition) is 2. The third-order valence-corrected chi connectivity index (χ3v) is 3.36. The topological polar surface area (TPSA) is 61.4 Å². The lowest BCUT2D eigenvalue weighted by Gasteiger charge is -2.24. The molecule has 2 N–H and O–H groups in total. The van der Waals surface area contributed by atoms with Crippen molar-refractivity contribution in [3.63, 3.8) is 0 Å². The SMILES string of the molecule is Cc1ccc(Cl)c(NC(=O)N[C@H](C(=O)N(C)C)C(C)C)c1. The van der Waals surface area contributed by atoms with Crippen LogP contribution in [0.25, 0.3) is 0 Å². The Labute approximate surface area is 130 Å². The smallest absolute Gasteiger partial charge is 0.319 e. The highest BCUT2D eigenvalue weighted by molar-refractivity contribution is 6.33. The molecule has 0 radical (unpaired) electrons. The lowest BCUT2D eigenvalue weighted by molar-refractivity contribution is -0.131. The zero-order valence-corrected chi connectivity index (χ0v) is 13.8. The summed E-state index contributed by atoms with van der Waals surface area (Å²) in [6, 6.07) is 4.33. The van der Waals surface area contributed by atoms with Crippen molar-refractivity contribution in [2.45, 2.75) is 26.8 Å². The lowest BCUT2D eigenvalue weighted by atomic mass is 10.0. The number of nitrogens with zero attached hydrogens (tertiary/aromatic N) is 1. The fraction of sp³-hybridized carbons (Fsp3) is 0.467. The Balaban J connectivity index is 2.79. The molecule has 0 fully saturated rings. The minimum absolute atomic E-state index is 0.0152. The van der Waals surface area contributed by atoms with Gasteiger partial charge in [-0.3, -0.25) is 4.79 Å². The van der Waals surface area contributed by atoms with E-state index in [9.17, 15) is 9.59 Å². The van der Waals surface area contributed by atoms with Crippen molar-refractivity contribution in [1.29, 1.82) is 0 Å². The number of urea groups is 1. The normalized spacial score (nSPS) is 12.0. The average molecular weight is 312 g/mol. The molecular weight excluding hydrogens is 290 g/mol. The van der Waals surface area contributed by atoms with Crippen molar-refractivity contribution in [3.05, 3.63) is 28.8 Å². The fourth-order valence-electron chi connectivity index (χ4n) is 1.83. The van der Waals surface area contributed by atoms with E-state index in [0.717, 1.165) is 5.56 Å². The van der Waals surface area contributed by atoms with Gasteiger partial charge >= 0.3 is 6.03 Å². The molecule has 0 aliphatic heterocycles. The number of rotatable bonds is 4. The summed E-state index contributed by atoms with van der Waals surface area (Å²) in [5.74, 6) is -0.158. The molecule has 0 aliphatic carbocycles. The van der Waals surface area contributed by atoms with Crippen LogP contribution in [-0.4, -0.2) is 37.0 Å². The first-order chi connectivity index (χ1) is 9.72. The van der Waals surface area contributed by atoms with Gasteiger partial charge in [-0.2, -0.15) is 0 Å². The van der Waals surface area contributed by atoms with Gasteiger partial charge < -0.3 is 15.5 Å². The van der Waals surface area contributed by atoms with Crippen LogP contribution in [0.5, 0.6) is 0 Å². The fourth-order valence-corrected chi connectivity index (χ4v) is 1.99. The van der Waals surface area contributed by atoms with Gasteiger partial charge in [0, 0.05) is 14.1 Å². The van der Waals surface area contributed by atoms with Crippen LogP contribution in [0, 0.1) is 12.8 Å². The van der Waals surface area contributed by atoms with Crippen LogP contribution in [0.1, 0.15) is 19.4 Å². The van der Waals surface area contributed by atoms with E-state index in [2.05, 4.69) is 10.6 Å². The maximum absolute atomic E-state index is 12.1. The van der Waals surface area contributed by atoms with Crippen LogP contribution < -0.4 is 10.6 Å². The van der Waals surface area contributed by atoms with E-state index in [0.29, 0.717) is 10.7 Å². The zero-order valence-electron chi connectivity index (χ0n) is 13.0. The maximum atomic E-state index is 12.1. The van der Waals surface area contributed by atoms with E-state index in [4.69, 9.17) is 11.6 Å². The minimum atomic E-state index is -0.580. The second-order valence-corrected chi connectivity index (χ2v) is 5.94. The molecule has 1 atom stereocenters. The van der Waals surface area contributed by atoms with Gasteiger partial charge in [0.25, 0.3) is 0 Å². The average Bonchev–Trinajstić information content (AvgIpc) is 2.39. The molecule has 1 rings (SSSR count). The third-order valence-electron chi connectivity index (χ3n) is 3.03. The standard InChI is InChI=1S/C15H22ClN3O2/c1-9(2)13(14(20)19(4)5)18-15(21)17-12-8-10(3)6-7-11(12)16/h6-9,13H,1-5H3,(H2,17,18,21)/t13-/m0/s1. The van der Waals surface area contributed by atoms with Gasteiger partial charge in [-0.15, -0.1) is 0 Å². The highest BCUT2D eigenvalue weighted by Gasteiger charge is 2.25. The van der Waals surface area contributed by atoms with Gasteiger partial charge in [-0.05, 0) is 30.5 Å². The summed E-state index contributed by atoms with van der Waals surface area (Å²) in [6.45, 7) is 5.67. The van der Waals surface area contributed by atoms with Crippen LogP contribution in [0.15, 0.2) is 18.2 Å². The maximum Gasteiger partial charge on any atom is 0.319 e. The highest BCUT2D eigenvalue weighted by atomic mass is 35.5. The number of carbonyl (C=O) groups excluding carboxylic acids is 2. The Kier molecular flexibility index (Phi) is 6.03. The molecule has 0 saturated carbocycles. The van der Waals surface area contributed by atoms with Crippen LogP contribution >= 0.6 is 11.6 Å². The van der Waals surface area contributed by atoms with E-state index < -0.39 is 12.1 Å². The van der Waals surface area contributed by atoms with Crippen LogP contribution in [0.3, 0.4) is 0 Å². The van der Waals surface area contributed by atoms with Gasteiger partial charge in [0.15, 0.2) is 0 Å². The van der Waals surface area contributed by atoms with Crippen molar-refractivity contribution in [2.75, 3.05) is 19.4 Å². The summed E-state index contributed by atoms with van der Waals surface area (Å²) in [6.07, 6.45) is 0. The van der Waals surface area contributed by atoms with Crippen molar-refractivity contribution in [2.24, 2.45) is 5.92 Å². The first-order valence-electron chi connectivity index (χ1n) is 6.77. The van der Waals surface area contributed by atoms with E-state index in [1.165, 1.54) is 4.90 Å². The molecule has 0 aromatic heterocycles. The van der Waals surface area contributed by atoms with E-state index in [1.807, 2.05) is 26.8 Å². The predicted octanol–water partition coefficient (Wildman–Crippen LogP) is 2.88. The van der Waals surface area contributed by atoms with Crippen LogP contribution in [0.2, 0.25) is 5.02 Å². The Morgan fingerprint density at radius 1 is 1.24 bits per heavy atom. The molecule has 0 spiro atoms. The van der Waals surface area contributed by atoms with Crippen molar-refractivity contribution < 1.29 is 9.59 Å². The molecule has 0 saturated heterocycles. The van der Waals surface area contributed by atoms with Gasteiger partial charge in [-0.1, -0.05) is 31.5 Å². The predicted molar refractivity (Wildman–Crippen MR) is 85.7 cm³/mol. The highest BCUT2D eigenvalue weighted by Crippen LogP contribution is 2.22. The number of amides is 3. The molecule has 0 unspecified atom stereocenters. The Bertz CT molecular complexity index is 530. The number of likely N-dealkylation sites (N-methyl/N-ethyl adjacent to an activating group) is 1. The number of anilines is 1. The first kappa shape index (κ1) is 17.3. The van der Waals surface area contributed by atoms with Crippen LogP contribution in [-0.2, 0) is 4.79 Å². The second-order valence-electron chi connectivity index (χ2n) is 5.54. The number of benzene rings is 1. The molecule has 116 valence electrons. The molecule has 6 heteroatoms. The quantitative estimate of drug-likeness (QED) is 0.898. The Morgan fingerprint density at radius 3 is 2.38 bits per heavy atom. The van der Waals surface area contributed by atoms with E-state index in [-0.39, 0.29) is 11.8 Å². The van der Waals surface area contributed by atoms with E-state index >= 15 is 0 Å². The molecule has 0 heterocycles. The molecular formula is C15H22ClN3O2. The number of hydrogen-bond acceptors (Lipinski definition) is 2. The minimum Gasteiger partial charge on any atom is -0.347 e. The number of carbonyl (C=O) groups is 2. The van der Waals surface area contributed by atoms with Crippen molar-refractivity contribution >= 4 is 29.2 Å². The number of halogens is 1. The summed E-state index contributed by atoms with van der Waals surface area (Å²) < 4.78 is 0. The van der Waals surface area contributed by atoms with E-state index in [1.54, 1.807) is 26.2 Å². The summed E-state index contributed by atoms with van der Waals surface area (Å²) in [7, 11) is 3.32. The van der Waals surface area contributed by atoms with Gasteiger partial charge in [0.2, 0.25) is 5.91 Å². The third kappa shape index (κ3) is 4.93. The Hall–Kier alpha value is -1.75. The van der Waals surface area contributed by atoms with Crippen molar-refractivity contribution in [3.8, 4) is 0 Å². The first-order valence-corrected chi connectivity index (χ1v) is 7.15. The molecule has 1 aromatic rings. The molecule has 21 heavy (non-hydrogen) atoms. The van der Waals surface area contributed by atoms with Crippen LogP contribution in [0.4, 0.5) is 10.5 Å². The molecule has 5 nitrogen and oxygen atoms in total. The summed E-state index contributed by atoms with van der Waals surface area (Å²) >= 11 is 6.03. The van der Waals surface area contributed by atoms with Crippen molar-refractivity contribution in [1.82, 2.24) is 10.2 Å². The monoisotopic (exact) mass is 311 g/mol. The number of nitrogens with one attached hydrogen (secondary N) is 2. The molecule has 0 bridgehead atoms. The second kappa shape index (κ2) is 7.31. The largest absolute Gasteiger partial charge is 0.347 e. The molecule has 1 aromatic carbocycles. The number of aryl methyl sites for hydroxylation is 1. The summed E-state index contributed by atoms with van der Waals surface area (Å²) in [4.78, 5) is 25.6. The summed E-state index contributed by atoms with van der Waals surface area (Å²) in [5.41, 5.74) is 1.51. The van der Waals surface area contributed by atoms with Gasteiger partial charge in [0.05, 0.1) is 10.7 Å².